The van der Waals surface area contributed by atoms with Crippen LogP contribution < -0.4 is 15.8 Å². The summed E-state index contributed by atoms with van der Waals surface area (Å²) >= 11 is 0. The first-order valence-corrected chi connectivity index (χ1v) is 7.47. The van der Waals surface area contributed by atoms with Crippen molar-refractivity contribution in [3.05, 3.63) is 23.9 Å². The van der Waals surface area contributed by atoms with E-state index >= 15 is 0 Å². The van der Waals surface area contributed by atoms with Crippen molar-refractivity contribution < 1.29 is 13.2 Å². The lowest BCUT2D eigenvalue weighted by molar-refractivity contribution is 0.1000. The summed E-state index contributed by atoms with van der Waals surface area (Å²) in [6, 6.07) is 3.16. The summed E-state index contributed by atoms with van der Waals surface area (Å²) < 4.78 is 24.8. The van der Waals surface area contributed by atoms with Gasteiger partial charge in [-0.05, 0) is 26.0 Å². The lowest BCUT2D eigenvalue weighted by atomic mass is 10.1. The number of amides is 1. The van der Waals surface area contributed by atoms with Crippen molar-refractivity contribution >= 4 is 21.7 Å². The normalized spacial score (nSPS) is 12.2. The van der Waals surface area contributed by atoms with Crippen LogP contribution >= 0.6 is 0 Å². The Morgan fingerprint density at radius 2 is 2.05 bits per heavy atom. The van der Waals surface area contributed by atoms with Gasteiger partial charge in [-0.15, -0.1) is 0 Å². The smallest absolute Gasteiger partial charge is 0.250 e. The van der Waals surface area contributed by atoms with E-state index in [2.05, 4.69) is 15.0 Å². The first-order chi connectivity index (χ1) is 8.59. The largest absolute Gasteiger partial charge is 0.368 e. The van der Waals surface area contributed by atoms with E-state index in [1.807, 2.05) is 0 Å². The van der Waals surface area contributed by atoms with Crippen LogP contribution in [0.25, 0.3) is 0 Å². The molecule has 1 aromatic heterocycles. The Bertz CT molecular complexity index is 552. The highest BCUT2D eigenvalue weighted by Crippen LogP contribution is 2.08. The molecule has 7 nitrogen and oxygen atoms in total. The van der Waals surface area contributed by atoms with Gasteiger partial charge in [0.2, 0.25) is 15.9 Å². The lowest BCUT2D eigenvalue weighted by Crippen LogP contribution is -2.47. The second-order valence-corrected chi connectivity index (χ2v) is 6.66. The van der Waals surface area contributed by atoms with Crippen LogP contribution in [-0.2, 0) is 10.0 Å². The molecule has 0 atom stereocenters. The van der Waals surface area contributed by atoms with E-state index in [1.54, 1.807) is 26.0 Å². The minimum atomic E-state index is -3.28. The quantitative estimate of drug-likeness (QED) is 0.676. The minimum absolute atomic E-state index is 0.319. The number of nitrogens with zero attached hydrogens (tertiary/aromatic N) is 1. The van der Waals surface area contributed by atoms with E-state index < -0.39 is 21.5 Å². The van der Waals surface area contributed by atoms with Crippen molar-refractivity contribution in [2.45, 2.75) is 19.4 Å². The molecular formula is C11H18N4O3S. The van der Waals surface area contributed by atoms with Crippen molar-refractivity contribution in [2.24, 2.45) is 5.73 Å². The maximum atomic E-state index is 11.2. The number of pyridine rings is 1. The molecule has 4 N–H and O–H groups in total. The fourth-order valence-electron chi connectivity index (χ4n) is 1.49. The average Bonchev–Trinajstić information content (AvgIpc) is 2.24. The molecule has 0 unspecified atom stereocenters. The molecule has 1 aromatic rings. The Balaban J connectivity index is 2.64. The van der Waals surface area contributed by atoms with Crippen molar-refractivity contribution in [1.82, 2.24) is 9.71 Å². The highest BCUT2D eigenvalue weighted by molar-refractivity contribution is 7.88. The fraction of sp³-hybridized carbons (Fsp3) is 0.455. The van der Waals surface area contributed by atoms with Gasteiger partial charge in [0.1, 0.15) is 5.82 Å². The predicted octanol–water partition coefficient (Wildman–Crippen LogP) is -0.0798. The molecule has 106 valence electrons. The molecule has 19 heavy (non-hydrogen) atoms. The highest BCUT2D eigenvalue weighted by Gasteiger charge is 2.21. The number of aromatic nitrogens is 1. The average molecular weight is 286 g/mol. The van der Waals surface area contributed by atoms with Gasteiger partial charge in [-0.1, -0.05) is 0 Å². The van der Waals surface area contributed by atoms with Crippen LogP contribution in [0.5, 0.6) is 0 Å². The summed E-state index contributed by atoms with van der Waals surface area (Å²) in [4.78, 5) is 14.9. The molecule has 0 aliphatic carbocycles. The number of primary amides is 1. The van der Waals surface area contributed by atoms with Crippen LogP contribution in [0.3, 0.4) is 0 Å². The molecule has 0 saturated carbocycles. The van der Waals surface area contributed by atoms with E-state index in [1.165, 1.54) is 6.20 Å². The van der Waals surface area contributed by atoms with Gasteiger partial charge in [0.15, 0.2) is 0 Å². The molecule has 8 heteroatoms. The zero-order valence-corrected chi connectivity index (χ0v) is 11.9. The Kier molecular flexibility index (Phi) is 4.48. The van der Waals surface area contributed by atoms with Gasteiger partial charge in [0.05, 0.1) is 11.8 Å². The second kappa shape index (κ2) is 5.54. The maximum Gasteiger partial charge on any atom is 0.250 e. The highest BCUT2D eigenvalue weighted by atomic mass is 32.2. The van der Waals surface area contributed by atoms with Crippen LogP contribution in [0.2, 0.25) is 0 Å². The van der Waals surface area contributed by atoms with Gasteiger partial charge in [-0.2, -0.15) is 0 Å². The molecule has 0 aliphatic heterocycles. The number of nitrogens with one attached hydrogen (secondary N) is 2. The number of sulfonamides is 1. The van der Waals surface area contributed by atoms with Gasteiger partial charge in [-0.3, -0.25) is 4.79 Å². The van der Waals surface area contributed by atoms with Crippen LogP contribution in [0.15, 0.2) is 18.3 Å². The molecule has 0 fully saturated rings. The zero-order valence-electron chi connectivity index (χ0n) is 11.1. The molecule has 0 aromatic carbocycles. The Morgan fingerprint density at radius 3 is 2.47 bits per heavy atom. The van der Waals surface area contributed by atoms with Crippen molar-refractivity contribution in [3.63, 3.8) is 0 Å². The summed E-state index contributed by atoms with van der Waals surface area (Å²) in [6.07, 6.45) is 2.47. The third kappa shape index (κ3) is 5.66. The SMILES string of the molecule is CC(C)(CNc1ccc(C(N)=O)cn1)NS(C)(=O)=O. The number of hydrogen-bond acceptors (Lipinski definition) is 5. The third-order valence-electron chi connectivity index (χ3n) is 2.22. The summed E-state index contributed by atoms with van der Waals surface area (Å²) in [5.41, 5.74) is 4.76. The van der Waals surface area contributed by atoms with E-state index in [0.717, 1.165) is 6.26 Å². The molecular weight excluding hydrogens is 268 g/mol. The lowest BCUT2D eigenvalue weighted by Gasteiger charge is -2.25. The van der Waals surface area contributed by atoms with Crippen molar-refractivity contribution in [1.29, 1.82) is 0 Å². The number of hydrogen-bond donors (Lipinski definition) is 3. The van der Waals surface area contributed by atoms with Gasteiger partial charge in [0.25, 0.3) is 0 Å². The molecule has 0 spiro atoms. The Hall–Kier alpha value is -1.67. The van der Waals surface area contributed by atoms with Gasteiger partial charge in [0, 0.05) is 18.3 Å². The maximum absolute atomic E-state index is 11.2. The Labute approximate surface area is 112 Å². The molecule has 0 aliphatic rings. The first kappa shape index (κ1) is 15.4. The number of nitrogens with two attached hydrogens (primary N) is 1. The monoisotopic (exact) mass is 286 g/mol. The number of rotatable bonds is 6. The van der Waals surface area contributed by atoms with Gasteiger partial charge in [-0.25, -0.2) is 18.1 Å². The van der Waals surface area contributed by atoms with Crippen molar-refractivity contribution in [2.75, 3.05) is 18.1 Å². The molecule has 0 bridgehead atoms. The molecule has 1 amide bonds. The van der Waals surface area contributed by atoms with Crippen LogP contribution in [0.4, 0.5) is 5.82 Å². The van der Waals surface area contributed by atoms with Crippen LogP contribution in [0.1, 0.15) is 24.2 Å². The van der Waals surface area contributed by atoms with E-state index in [0.29, 0.717) is 17.9 Å². The topological polar surface area (TPSA) is 114 Å². The summed E-state index contributed by atoms with van der Waals surface area (Å²) in [6.45, 7) is 3.85. The number of carbonyl (C=O) groups excluding carboxylic acids is 1. The van der Waals surface area contributed by atoms with E-state index in [-0.39, 0.29) is 0 Å². The Morgan fingerprint density at radius 1 is 1.42 bits per heavy atom. The van der Waals surface area contributed by atoms with Crippen molar-refractivity contribution in [3.8, 4) is 0 Å². The van der Waals surface area contributed by atoms with E-state index in [9.17, 15) is 13.2 Å². The molecule has 0 radical (unpaired) electrons. The second-order valence-electron chi connectivity index (χ2n) is 4.91. The first-order valence-electron chi connectivity index (χ1n) is 5.58. The molecule has 1 rings (SSSR count). The predicted molar refractivity (Wildman–Crippen MR) is 73.3 cm³/mol. The standard InChI is InChI=1S/C11H18N4O3S/c1-11(2,15-19(3,17)18)7-14-9-5-4-8(6-13-9)10(12)16/h4-6,15H,7H2,1-3H3,(H2,12,16)(H,13,14). The fourth-order valence-corrected chi connectivity index (χ4v) is 2.57. The summed E-state index contributed by atoms with van der Waals surface area (Å²) in [5.74, 6) is -0.00787. The summed E-state index contributed by atoms with van der Waals surface area (Å²) in [5, 5.41) is 2.98. The minimum Gasteiger partial charge on any atom is -0.368 e. The van der Waals surface area contributed by atoms with E-state index in [4.69, 9.17) is 5.73 Å². The molecule has 0 saturated heterocycles. The third-order valence-corrected chi connectivity index (χ3v) is 3.14. The summed E-state index contributed by atoms with van der Waals surface area (Å²) in [7, 11) is -3.28. The number of carbonyl (C=O) groups is 1. The molecule has 1 heterocycles. The zero-order chi connectivity index (χ0) is 14.7. The van der Waals surface area contributed by atoms with Crippen LogP contribution in [0, 0.1) is 0 Å². The van der Waals surface area contributed by atoms with Gasteiger partial charge >= 0.3 is 0 Å². The van der Waals surface area contributed by atoms with Crippen LogP contribution in [-0.4, -0.2) is 37.6 Å². The number of anilines is 1. The van der Waals surface area contributed by atoms with Gasteiger partial charge < -0.3 is 11.1 Å².